The third-order valence-electron chi connectivity index (χ3n) is 4.50. The Morgan fingerprint density at radius 3 is 2.45 bits per heavy atom. The lowest BCUT2D eigenvalue weighted by molar-refractivity contribution is -0.385. The molecule has 0 atom stereocenters. The summed E-state index contributed by atoms with van der Waals surface area (Å²) in [5, 5.41) is 17.5. The number of nitrogens with zero attached hydrogens (tertiary/aromatic N) is 2. The predicted octanol–water partition coefficient (Wildman–Crippen LogP) is 3.82. The molecule has 0 radical (unpaired) electrons. The fourth-order valence-corrected chi connectivity index (χ4v) is 2.82. The minimum absolute atomic E-state index is 0.145. The van der Waals surface area contributed by atoms with Gasteiger partial charge >= 0.3 is 0 Å². The molecule has 0 bridgehead atoms. The van der Waals surface area contributed by atoms with E-state index in [0.717, 1.165) is 0 Å². The van der Waals surface area contributed by atoms with Crippen molar-refractivity contribution >= 4 is 29.4 Å². The maximum atomic E-state index is 12.9. The minimum Gasteiger partial charge on any atom is -0.484 e. The van der Waals surface area contributed by atoms with Crippen LogP contribution in [0.1, 0.15) is 21.5 Å². The largest absolute Gasteiger partial charge is 0.484 e. The standard InChI is InChI=1S/C23H19FN4O5/c1-15-20(3-2-4-21(15)28(31)32)23(30)27-25-13-16-5-11-19(12-6-16)33-14-22(29)26-18-9-7-17(24)8-10-18/h2-13H,14H2,1H3,(H,26,29)(H,27,30)/b25-13-. The molecule has 0 aliphatic rings. The number of nitrogens with one attached hydrogen (secondary N) is 2. The average molecular weight is 450 g/mol. The zero-order valence-corrected chi connectivity index (χ0v) is 17.4. The van der Waals surface area contributed by atoms with Crippen LogP contribution in [0.2, 0.25) is 0 Å². The van der Waals surface area contributed by atoms with Crippen molar-refractivity contribution < 1.29 is 23.6 Å². The first-order valence-corrected chi connectivity index (χ1v) is 9.69. The number of nitro benzene ring substituents is 1. The molecular weight excluding hydrogens is 431 g/mol. The van der Waals surface area contributed by atoms with E-state index in [1.807, 2.05) is 0 Å². The summed E-state index contributed by atoms with van der Waals surface area (Å²) < 4.78 is 18.3. The quantitative estimate of drug-likeness (QED) is 0.307. The average Bonchev–Trinajstić information content (AvgIpc) is 2.80. The van der Waals surface area contributed by atoms with Crippen LogP contribution in [-0.2, 0) is 4.79 Å². The molecule has 0 spiro atoms. The first kappa shape index (κ1) is 23.1. The van der Waals surface area contributed by atoms with Crippen LogP contribution < -0.4 is 15.5 Å². The Bertz CT molecular complexity index is 1190. The van der Waals surface area contributed by atoms with E-state index < -0.39 is 22.6 Å². The third-order valence-corrected chi connectivity index (χ3v) is 4.50. The van der Waals surface area contributed by atoms with Crippen LogP contribution in [0.5, 0.6) is 5.75 Å². The van der Waals surface area contributed by atoms with Gasteiger partial charge in [0.15, 0.2) is 6.61 Å². The molecule has 0 heterocycles. The van der Waals surface area contributed by atoms with Gasteiger partial charge in [0.2, 0.25) is 0 Å². The van der Waals surface area contributed by atoms with Gasteiger partial charge in [-0.2, -0.15) is 5.10 Å². The molecule has 168 valence electrons. The van der Waals surface area contributed by atoms with Gasteiger partial charge in [-0.3, -0.25) is 19.7 Å². The Kier molecular flexibility index (Phi) is 7.43. The zero-order chi connectivity index (χ0) is 23.8. The molecule has 3 aromatic rings. The van der Waals surface area contributed by atoms with Gasteiger partial charge in [-0.05, 0) is 67.1 Å². The fourth-order valence-electron chi connectivity index (χ4n) is 2.82. The predicted molar refractivity (Wildman–Crippen MR) is 120 cm³/mol. The smallest absolute Gasteiger partial charge is 0.273 e. The van der Waals surface area contributed by atoms with Crippen molar-refractivity contribution in [3.8, 4) is 5.75 Å². The van der Waals surface area contributed by atoms with Crippen molar-refractivity contribution in [1.82, 2.24) is 5.43 Å². The molecule has 3 rings (SSSR count). The summed E-state index contributed by atoms with van der Waals surface area (Å²) in [5.74, 6) is -0.921. The second kappa shape index (κ2) is 10.6. The highest BCUT2D eigenvalue weighted by molar-refractivity contribution is 5.97. The van der Waals surface area contributed by atoms with E-state index in [1.54, 1.807) is 24.3 Å². The SMILES string of the molecule is Cc1c(C(=O)N/N=C\c2ccc(OCC(=O)Nc3ccc(F)cc3)cc2)cccc1[N+](=O)[O-]. The molecule has 0 aromatic heterocycles. The van der Waals surface area contributed by atoms with Gasteiger partial charge in [-0.1, -0.05) is 6.07 Å². The van der Waals surface area contributed by atoms with Crippen LogP contribution in [0.15, 0.2) is 71.8 Å². The Balaban J connectivity index is 1.50. The highest BCUT2D eigenvalue weighted by atomic mass is 19.1. The van der Waals surface area contributed by atoms with E-state index in [4.69, 9.17) is 4.74 Å². The maximum Gasteiger partial charge on any atom is 0.273 e. The number of rotatable bonds is 8. The molecule has 10 heteroatoms. The Hall–Kier alpha value is -4.60. The van der Waals surface area contributed by atoms with E-state index in [9.17, 15) is 24.1 Å². The molecular formula is C23H19FN4O5. The summed E-state index contributed by atoms with van der Waals surface area (Å²) >= 11 is 0. The summed E-state index contributed by atoms with van der Waals surface area (Å²) in [6.07, 6.45) is 1.40. The second-order valence-corrected chi connectivity index (χ2v) is 6.82. The number of ether oxygens (including phenoxy) is 1. The number of hydrogen-bond acceptors (Lipinski definition) is 6. The van der Waals surface area contributed by atoms with Crippen LogP contribution in [0.4, 0.5) is 15.8 Å². The molecule has 0 unspecified atom stereocenters. The lowest BCUT2D eigenvalue weighted by Gasteiger charge is -2.08. The third kappa shape index (κ3) is 6.44. The molecule has 2 N–H and O–H groups in total. The van der Waals surface area contributed by atoms with Gasteiger partial charge in [0.05, 0.1) is 16.7 Å². The van der Waals surface area contributed by atoms with Crippen molar-refractivity contribution in [1.29, 1.82) is 0 Å². The molecule has 9 nitrogen and oxygen atoms in total. The number of hydrazone groups is 1. The lowest BCUT2D eigenvalue weighted by Crippen LogP contribution is -2.20. The van der Waals surface area contributed by atoms with Crippen LogP contribution >= 0.6 is 0 Å². The zero-order valence-electron chi connectivity index (χ0n) is 17.4. The molecule has 0 aliphatic carbocycles. The van der Waals surface area contributed by atoms with Gasteiger partial charge in [-0.25, -0.2) is 9.82 Å². The number of carbonyl (C=O) groups is 2. The van der Waals surface area contributed by atoms with E-state index in [2.05, 4.69) is 15.8 Å². The highest BCUT2D eigenvalue weighted by Crippen LogP contribution is 2.21. The molecule has 0 saturated carbocycles. The molecule has 3 aromatic carbocycles. The normalized spacial score (nSPS) is 10.6. The van der Waals surface area contributed by atoms with Crippen molar-refractivity contribution in [2.45, 2.75) is 6.92 Å². The van der Waals surface area contributed by atoms with Crippen LogP contribution in [0.25, 0.3) is 0 Å². The number of nitro groups is 1. The van der Waals surface area contributed by atoms with Gasteiger partial charge in [0, 0.05) is 17.3 Å². The molecule has 0 fully saturated rings. The Labute approximate surface area is 188 Å². The second-order valence-electron chi connectivity index (χ2n) is 6.82. The Morgan fingerprint density at radius 1 is 1.09 bits per heavy atom. The van der Waals surface area contributed by atoms with E-state index in [1.165, 1.54) is 55.6 Å². The molecule has 33 heavy (non-hydrogen) atoms. The Morgan fingerprint density at radius 2 is 1.79 bits per heavy atom. The first-order valence-electron chi connectivity index (χ1n) is 9.69. The number of carbonyl (C=O) groups excluding carboxylic acids is 2. The highest BCUT2D eigenvalue weighted by Gasteiger charge is 2.17. The summed E-state index contributed by atoms with van der Waals surface area (Å²) in [5.41, 5.74) is 3.70. The minimum atomic E-state index is -0.570. The summed E-state index contributed by atoms with van der Waals surface area (Å²) in [4.78, 5) is 34.6. The van der Waals surface area contributed by atoms with Crippen LogP contribution in [0.3, 0.4) is 0 Å². The number of benzene rings is 3. The van der Waals surface area contributed by atoms with E-state index >= 15 is 0 Å². The summed E-state index contributed by atoms with van der Waals surface area (Å²) in [6, 6.07) is 16.2. The molecule has 0 aliphatic heterocycles. The monoisotopic (exact) mass is 450 g/mol. The van der Waals surface area contributed by atoms with Crippen molar-refractivity contribution in [2.75, 3.05) is 11.9 Å². The number of halogens is 1. The number of amides is 2. The van der Waals surface area contributed by atoms with Crippen LogP contribution in [-0.4, -0.2) is 29.6 Å². The van der Waals surface area contributed by atoms with Crippen molar-refractivity contribution in [3.05, 3.63) is 99.4 Å². The van der Waals surface area contributed by atoms with Gasteiger partial charge < -0.3 is 10.1 Å². The van der Waals surface area contributed by atoms with Gasteiger partial charge in [-0.15, -0.1) is 0 Å². The number of hydrogen-bond donors (Lipinski definition) is 2. The topological polar surface area (TPSA) is 123 Å². The fraction of sp³-hybridized carbons (Fsp3) is 0.0870. The van der Waals surface area contributed by atoms with E-state index in [0.29, 0.717) is 17.0 Å². The van der Waals surface area contributed by atoms with Crippen LogP contribution in [0, 0.1) is 22.9 Å². The van der Waals surface area contributed by atoms with Crippen molar-refractivity contribution in [3.63, 3.8) is 0 Å². The molecule has 2 amide bonds. The maximum absolute atomic E-state index is 12.9. The first-order chi connectivity index (χ1) is 15.8. The molecule has 0 saturated heterocycles. The summed E-state index contributed by atoms with van der Waals surface area (Å²) in [7, 11) is 0. The van der Waals surface area contributed by atoms with Crippen molar-refractivity contribution in [2.24, 2.45) is 5.10 Å². The van der Waals surface area contributed by atoms with Gasteiger partial charge in [0.25, 0.3) is 17.5 Å². The summed E-state index contributed by atoms with van der Waals surface area (Å²) in [6.45, 7) is 1.26. The number of anilines is 1. The lowest BCUT2D eigenvalue weighted by atomic mass is 10.1. The van der Waals surface area contributed by atoms with Gasteiger partial charge in [0.1, 0.15) is 11.6 Å². The van der Waals surface area contributed by atoms with E-state index in [-0.39, 0.29) is 23.4 Å².